The van der Waals surface area contributed by atoms with Gasteiger partial charge in [0.15, 0.2) is 0 Å². The molecule has 5 nitrogen and oxygen atoms in total. The van der Waals surface area contributed by atoms with Crippen molar-refractivity contribution in [1.82, 2.24) is 9.97 Å². The number of hydrogen-bond acceptors (Lipinski definition) is 5. The second kappa shape index (κ2) is 4.34. The van der Waals surface area contributed by atoms with E-state index >= 15 is 0 Å². The van der Waals surface area contributed by atoms with E-state index in [0.717, 1.165) is 16.7 Å². The molecule has 0 amide bonds. The lowest BCUT2D eigenvalue weighted by Crippen LogP contribution is -2.06. The Morgan fingerprint density at radius 2 is 1.72 bits per heavy atom. The predicted molar refractivity (Wildman–Crippen MR) is 70.5 cm³/mol. The fraction of sp³-hybridized carbons (Fsp3) is 0.154. The minimum atomic E-state index is 0.0733. The highest BCUT2D eigenvalue weighted by molar-refractivity contribution is 5.77. The van der Waals surface area contributed by atoms with Crippen LogP contribution in [0.1, 0.15) is 16.7 Å². The van der Waals surface area contributed by atoms with E-state index in [1.165, 1.54) is 0 Å². The van der Waals surface area contributed by atoms with Crippen LogP contribution >= 0.6 is 0 Å². The Balaban J connectivity index is 2.84. The highest BCUT2D eigenvalue weighted by atomic mass is 15.0. The molecule has 0 fully saturated rings. The molecule has 0 radical (unpaired) electrons. The van der Waals surface area contributed by atoms with Crippen molar-refractivity contribution in [1.29, 1.82) is 5.26 Å². The first-order valence-corrected chi connectivity index (χ1v) is 5.44. The average Bonchev–Trinajstić information content (AvgIpc) is 2.28. The third-order valence-electron chi connectivity index (χ3n) is 2.78. The van der Waals surface area contributed by atoms with Crippen LogP contribution in [0.5, 0.6) is 0 Å². The van der Waals surface area contributed by atoms with Gasteiger partial charge in [0.05, 0.1) is 5.69 Å². The zero-order chi connectivity index (χ0) is 13.3. The number of hydrogen-bond donors (Lipinski definition) is 2. The summed E-state index contributed by atoms with van der Waals surface area (Å²) in [6, 6.07) is 7.90. The molecular weight excluding hydrogens is 226 g/mol. The van der Waals surface area contributed by atoms with Crippen molar-refractivity contribution in [3.05, 3.63) is 34.9 Å². The van der Waals surface area contributed by atoms with Gasteiger partial charge in [-0.2, -0.15) is 10.2 Å². The lowest BCUT2D eigenvalue weighted by molar-refractivity contribution is 1.17. The van der Waals surface area contributed by atoms with E-state index in [2.05, 4.69) is 9.97 Å². The van der Waals surface area contributed by atoms with Gasteiger partial charge in [0.1, 0.15) is 17.5 Å². The van der Waals surface area contributed by atoms with E-state index in [0.29, 0.717) is 5.69 Å². The Bertz CT molecular complexity index is 635. The molecule has 0 bridgehead atoms. The number of anilines is 2. The average molecular weight is 239 g/mol. The maximum absolute atomic E-state index is 9.18. The molecule has 1 heterocycles. The van der Waals surface area contributed by atoms with Crippen LogP contribution in [0, 0.1) is 25.2 Å². The van der Waals surface area contributed by atoms with Crippen LogP contribution in [0.4, 0.5) is 11.8 Å². The Morgan fingerprint density at radius 3 is 2.28 bits per heavy atom. The van der Waals surface area contributed by atoms with E-state index in [9.17, 15) is 5.26 Å². The van der Waals surface area contributed by atoms with E-state index in [-0.39, 0.29) is 17.3 Å². The SMILES string of the molecule is Cc1cccc(C)c1-c1nc(N)nc(N)c1C#N. The number of nitrogen functional groups attached to an aromatic ring is 2. The number of nitrogens with zero attached hydrogens (tertiary/aromatic N) is 3. The third-order valence-corrected chi connectivity index (χ3v) is 2.78. The first-order chi connectivity index (χ1) is 8.54. The van der Waals surface area contributed by atoms with Crippen molar-refractivity contribution >= 4 is 11.8 Å². The molecule has 0 aliphatic heterocycles. The standard InChI is InChI=1S/C13H13N5/c1-7-4-3-5-8(2)10(7)11-9(6-14)12(15)18-13(16)17-11/h3-5H,1-2H3,(H4,15,16,17,18). The normalized spacial score (nSPS) is 10.1. The fourth-order valence-electron chi connectivity index (χ4n) is 1.98. The fourth-order valence-corrected chi connectivity index (χ4v) is 1.98. The maximum Gasteiger partial charge on any atom is 0.222 e. The number of nitriles is 1. The van der Waals surface area contributed by atoms with Gasteiger partial charge < -0.3 is 11.5 Å². The van der Waals surface area contributed by atoms with Crippen LogP contribution < -0.4 is 11.5 Å². The Morgan fingerprint density at radius 1 is 1.11 bits per heavy atom. The second-order valence-electron chi connectivity index (χ2n) is 4.07. The predicted octanol–water partition coefficient (Wildman–Crippen LogP) is 1.80. The van der Waals surface area contributed by atoms with E-state index in [4.69, 9.17) is 11.5 Å². The molecular formula is C13H13N5. The van der Waals surface area contributed by atoms with Crippen LogP contribution in [-0.4, -0.2) is 9.97 Å². The molecule has 4 N–H and O–H groups in total. The summed E-state index contributed by atoms with van der Waals surface area (Å²) in [5.74, 6) is 0.187. The van der Waals surface area contributed by atoms with Gasteiger partial charge >= 0.3 is 0 Å². The van der Waals surface area contributed by atoms with Gasteiger partial charge in [-0.05, 0) is 25.0 Å². The molecule has 0 spiro atoms. The molecule has 0 atom stereocenters. The highest BCUT2D eigenvalue weighted by Gasteiger charge is 2.16. The van der Waals surface area contributed by atoms with Crippen LogP contribution in [0.2, 0.25) is 0 Å². The Hall–Kier alpha value is -2.61. The van der Waals surface area contributed by atoms with Crippen molar-refractivity contribution in [3.63, 3.8) is 0 Å². The summed E-state index contributed by atoms with van der Waals surface area (Å²) in [6.07, 6.45) is 0. The lowest BCUT2D eigenvalue weighted by atomic mass is 9.97. The molecule has 1 aromatic carbocycles. The summed E-state index contributed by atoms with van der Waals surface area (Å²) in [7, 11) is 0. The molecule has 5 heteroatoms. The van der Waals surface area contributed by atoms with Gasteiger partial charge in [-0.15, -0.1) is 0 Å². The molecule has 0 unspecified atom stereocenters. The summed E-state index contributed by atoms with van der Waals surface area (Å²) in [4.78, 5) is 7.97. The summed E-state index contributed by atoms with van der Waals surface area (Å²) in [5, 5.41) is 9.18. The van der Waals surface area contributed by atoms with E-state index in [1.807, 2.05) is 38.1 Å². The number of aromatic nitrogens is 2. The van der Waals surface area contributed by atoms with Crippen LogP contribution in [0.15, 0.2) is 18.2 Å². The number of nitrogens with two attached hydrogens (primary N) is 2. The number of rotatable bonds is 1. The molecule has 18 heavy (non-hydrogen) atoms. The maximum atomic E-state index is 9.18. The molecule has 90 valence electrons. The van der Waals surface area contributed by atoms with Crippen LogP contribution in [-0.2, 0) is 0 Å². The third kappa shape index (κ3) is 1.84. The quantitative estimate of drug-likeness (QED) is 0.790. The topological polar surface area (TPSA) is 102 Å². The van der Waals surface area contributed by atoms with Crippen LogP contribution in [0.25, 0.3) is 11.3 Å². The molecule has 1 aromatic heterocycles. The summed E-state index contributed by atoms with van der Waals surface area (Å²) in [5.41, 5.74) is 15.0. The van der Waals surface area contributed by atoms with Crippen molar-refractivity contribution in [3.8, 4) is 17.3 Å². The zero-order valence-corrected chi connectivity index (χ0v) is 10.2. The summed E-state index contributed by atoms with van der Waals surface area (Å²) >= 11 is 0. The first kappa shape index (κ1) is 11.9. The number of benzene rings is 1. The van der Waals surface area contributed by atoms with Gasteiger partial charge in [-0.3, -0.25) is 0 Å². The summed E-state index contributed by atoms with van der Waals surface area (Å²) < 4.78 is 0. The van der Waals surface area contributed by atoms with Gasteiger partial charge in [0, 0.05) is 5.56 Å². The molecule has 2 rings (SSSR count). The number of aryl methyl sites for hydroxylation is 2. The lowest BCUT2D eigenvalue weighted by Gasteiger charge is -2.11. The highest BCUT2D eigenvalue weighted by Crippen LogP contribution is 2.30. The molecule has 0 saturated carbocycles. The Labute approximate surface area is 105 Å². The van der Waals surface area contributed by atoms with E-state index in [1.54, 1.807) is 0 Å². The molecule has 0 aliphatic rings. The minimum Gasteiger partial charge on any atom is -0.382 e. The van der Waals surface area contributed by atoms with Gasteiger partial charge in [-0.1, -0.05) is 18.2 Å². The largest absolute Gasteiger partial charge is 0.382 e. The van der Waals surface area contributed by atoms with Crippen molar-refractivity contribution in [2.75, 3.05) is 11.5 Å². The van der Waals surface area contributed by atoms with E-state index < -0.39 is 0 Å². The minimum absolute atomic E-state index is 0.0733. The monoisotopic (exact) mass is 239 g/mol. The first-order valence-electron chi connectivity index (χ1n) is 5.44. The van der Waals surface area contributed by atoms with Crippen molar-refractivity contribution in [2.45, 2.75) is 13.8 Å². The van der Waals surface area contributed by atoms with Gasteiger partial charge in [-0.25, -0.2) is 4.98 Å². The smallest absolute Gasteiger partial charge is 0.222 e. The second-order valence-corrected chi connectivity index (χ2v) is 4.07. The van der Waals surface area contributed by atoms with Crippen LogP contribution in [0.3, 0.4) is 0 Å². The zero-order valence-electron chi connectivity index (χ0n) is 10.2. The summed E-state index contributed by atoms with van der Waals surface area (Å²) in [6.45, 7) is 3.91. The molecule has 2 aromatic rings. The van der Waals surface area contributed by atoms with Gasteiger partial charge in [0.2, 0.25) is 5.95 Å². The molecule has 0 saturated heterocycles. The Kier molecular flexibility index (Phi) is 2.86. The molecule has 0 aliphatic carbocycles. The van der Waals surface area contributed by atoms with Crippen molar-refractivity contribution in [2.24, 2.45) is 0 Å². The van der Waals surface area contributed by atoms with Gasteiger partial charge in [0.25, 0.3) is 0 Å². The van der Waals surface area contributed by atoms with Crippen molar-refractivity contribution < 1.29 is 0 Å².